The van der Waals surface area contributed by atoms with Crippen LogP contribution in [0.1, 0.15) is 25.8 Å². The minimum atomic E-state index is 0.266. The molecule has 2 aliphatic rings. The van der Waals surface area contributed by atoms with Crippen molar-refractivity contribution in [3.63, 3.8) is 0 Å². The molecule has 3 heteroatoms. The minimum Gasteiger partial charge on any atom is -0.496 e. The van der Waals surface area contributed by atoms with Gasteiger partial charge in [0.2, 0.25) is 0 Å². The van der Waals surface area contributed by atoms with Gasteiger partial charge in [-0.2, -0.15) is 0 Å². The highest BCUT2D eigenvalue weighted by Gasteiger charge is 2.58. The lowest BCUT2D eigenvalue weighted by molar-refractivity contribution is -0.112. The standard InChI is InChI=1S/C17H25NO2/c1-17(2)15(13-9-11-20-16(13)17)18-10-8-12-6-4-5-7-14(12)19-3/h4-7,13,15-16,18H,8-11H2,1-3H3. The Bertz CT molecular complexity index is 472. The molecule has 1 saturated carbocycles. The number of para-hydroxylation sites is 1. The Labute approximate surface area is 121 Å². The number of hydrogen-bond acceptors (Lipinski definition) is 3. The Morgan fingerprint density at radius 1 is 1.35 bits per heavy atom. The van der Waals surface area contributed by atoms with Crippen molar-refractivity contribution in [3.8, 4) is 5.75 Å². The van der Waals surface area contributed by atoms with Crippen LogP contribution >= 0.6 is 0 Å². The van der Waals surface area contributed by atoms with E-state index in [4.69, 9.17) is 9.47 Å². The van der Waals surface area contributed by atoms with Gasteiger partial charge in [0.1, 0.15) is 5.75 Å². The number of fused-ring (bicyclic) bond motifs is 1. The molecule has 1 aliphatic heterocycles. The van der Waals surface area contributed by atoms with E-state index in [9.17, 15) is 0 Å². The molecule has 3 rings (SSSR count). The predicted octanol–water partition coefficient (Wildman–Crippen LogP) is 2.64. The van der Waals surface area contributed by atoms with Gasteiger partial charge in [-0.15, -0.1) is 0 Å². The van der Waals surface area contributed by atoms with E-state index in [0.29, 0.717) is 18.1 Å². The number of methoxy groups -OCH3 is 1. The van der Waals surface area contributed by atoms with Gasteiger partial charge in [-0.05, 0) is 31.0 Å². The first-order valence-corrected chi connectivity index (χ1v) is 7.61. The van der Waals surface area contributed by atoms with Gasteiger partial charge in [0.25, 0.3) is 0 Å². The molecule has 1 N–H and O–H groups in total. The van der Waals surface area contributed by atoms with E-state index in [1.165, 1.54) is 12.0 Å². The Morgan fingerprint density at radius 3 is 2.95 bits per heavy atom. The quantitative estimate of drug-likeness (QED) is 0.896. The highest BCUT2D eigenvalue weighted by molar-refractivity contribution is 5.33. The summed E-state index contributed by atoms with van der Waals surface area (Å²) in [6.07, 6.45) is 2.68. The third-order valence-electron chi connectivity index (χ3n) is 5.05. The number of rotatable bonds is 5. The third-order valence-corrected chi connectivity index (χ3v) is 5.05. The smallest absolute Gasteiger partial charge is 0.122 e. The summed E-state index contributed by atoms with van der Waals surface area (Å²) < 4.78 is 11.2. The molecule has 0 spiro atoms. The largest absolute Gasteiger partial charge is 0.496 e. The van der Waals surface area contributed by atoms with Gasteiger partial charge in [-0.3, -0.25) is 0 Å². The van der Waals surface area contributed by atoms with Crippen molar-refractivity contribution >= 4 is 0 Å². The Hall–Kier alpha value is -1.06. The van der Waals surface area contributed by atoms with Gasteiger partial charge in [0.05, 0.1) is 13.2 Å². The molecular formula is C17H25NO2. The molecule has 0 radical (unpaired) electrons. The minimum absolute atomic E-state index is 0.266. The van der Waals surface area contributed by atoms with Crippen molar-refractivity contribution in [3.05, 3.63) is 29.8 Å². The summed E-state index contributed by atoms with van der Waals surface area (Å²) in [5.74, 6) is 1.70. The van der Waals surface area contributed by atoms with E-state index < -0.39 is 0 Å². The molecule has 1 saturated heterocycles. The first kappa shape index (κ1) is 13.9. The van der Waals surface area contributed by atoms with Crippen LogP contribution < -0.4 is 10.1 Å². The van der Waals surface area contributed by atoms with E-state index in [-0.39, 0.29) is 5.41 Å². The summed E-state index contributed by atoms with van der Waals surface area (Å²) in [4.78, 5) is 0. The van der Waals surface area contributed by atoms with E-state index in [0.717, 1.165) is 25.3 Å². The highest BCUT2D eigenvalue weighted by Crippen LogP contribution is 2.52. The van der Waals surface area contributed by atoms with Crippen LogP contribution in [0.2, 0.25) is 0 Å². The summed E-state index contributed by atoms with van der Waals surface area (Å²) in [7, 11) is 1.74. The van der Waals surface area contributed by atoms with Crippen LogP contribution in [0.4, 0.5) is 0 Å². The van der Waals surface area contributed by atoms with E-state index in [1.54, 1.807) is 7.11 Å². The molecule has 3 unspecified atom stereocenters. The van der Waals surface area contributed by atoms with Crippen molar-refractivity contribution in [1.82, 2.24) is 5.32 Å². The van der Waals surface area contributed by atoms with Crippen LogP contribution in [0.5, 0.6) is 5.75 Å². The van der Waals surface area contributed by atoms with Crippen molar-refractivity contribution < 1.29 is 9.47 Å². The molecule has 2 fully saturated rings. The second-order valence-corrected chi connectivity index (χ2v) is 6.56. The summed E-state index contributed by atoms with van der Waals surface area (Å²) in [5, 5.41) is 3.75. The third kappa shape index (κ3) is 2.23. The van der Waals surface area contributed by atoms with E-state index in [2.05, 4.69) is 31.3 Å². The highest BCUT2D eigenvalue weighted by atomic mass is 16.5. The van der Waals surface area contributed by atoms with E-state index in [1.807, 2.05) is 12.1 Å². The molecule has 110 valence electrons. The van der Waals surface area contributed by atoms with Crippen molar-refractivity contribution in [1.29, 1.82) is 0 Å². The lowest BCUT2D eigenvalue weighted by atomic mass is 9.57. The van der Waals surface area contributed by atoms with Crippen LogP contribution in [0.3, 0.4) is 0 Å². The van der Waals surface area contributed by atoms with E-state index >= 15 is 0 Å². The number of benzene rings is 1. The van der Waals surface area contributed by atoms with Crippen LogP contribution in [0.15, 0.2) is 24.3 Å². The van der Waals surface area contributed by atoms with Crippen LogP contribution in [0.25, 0.3) is 0 Å². The fourth-order valence-corrected chi connectivity index (χ4v) is 4.01. The molecule has 1 aliphatic carbocycles. The lowest BCUT2D eigenvalue weighted by Crippen LogP contribution is -2.66. The zero-order valence-electron chi connectivity index (χ0n) is 12.7. The van der Waals surface area contributed by atoms with Crippen molar-refractivity contribution in [2.45, 2.75) is 38.8 Å². The fourth-order valence-electron chi connectivity index (χ4n) is 4.01. The van der Waals surface area contributed by atoms with Gasteiger partial charge in [0, 0.05) is 24.0 Å². The van der Waals surface area contributed by atoms with Gasteiger partial charge in [0.15, 0.2) is 0 Å². The monoisotopic (exact) mass is 275 g/mol. The Morgan fingerprint density at radius 2 is 2.15 bits per heavy atom. The summed E-state index contributed by atoms with van der Waals surface area (Å²) in [6.45, 7) is 6.57. The normalized spacial score (nSPS) is 30.6. The number of hydrogen-bond donors (Lipinski definition) is 1. The van der Waals surface area contributed by atoms with Gasteiger partial charge >= 0.3 is 0 Å². The topological polar surface area (TPSA) is 30.5 Å². The molecule has 1 aromatic carbocycles. The Kier molecular flexibility index (Phi) is 3.74. The summed E-state index contributed by atoms with van der Waals surface area (Å²) >= 11 is 0. The Balaban J connectivity index is 1.55. The van der Waals surface area contributed by atoms with Crippen molar-refractivity contribution in [2.24, 2.45) is 11.3 Å². The molecule has 0 aromatic heterocycles. The molecule has 0 bridgehead atoms. The molecule has 3 nitrogen and oxygen atoms in total. The average molecular weight is 275 g/mol. The predicted molar refractivity (Wildman–Crippen MR) is 80.1 cm³/mol. The maximum atomic E-state index is 5.84. The van der Waals surface area contributed by atoms with Crippen LogP contribution in [0, 0.1) is 11.3 Å². The zero-order valence-corrected chi connectivity index (χ0v) is 12.7. The first-order valence-electron chi connectivity index (χ1n) is 7.61. The molecule has 1 aromatic rings. The molecule has 3 atom stereocenters. The van der Waals surface area contributed by atoms with Gasteiger partial charge in [-0.25, -0.2) is 0 Å². The first-order chi connectivity index (χ1) is 9.64. The summed E-state index contributed by atoms with van der Waals surface area (Å²) in [6, 6.07) is 8.86. The molecule has 20 heavy (non-hydrogen) atoms. The fraction of sp³-hybridized carbons (Fsp3) is 0.647. The maximum Gasteiger partial charge on any atom is 0.122 e. The number of ether oxygens (including phenoxy) is 2. The molecule has 0 amide bonds. The molecular weight excluding hydrogens is 250 g/mol. The van der Waals surface area contributed by atoms with Crippen molar-refractivity contribution in [2.75, 3.05) is 20.3 Å². The summed E-state index contributed by atoms with van der Waals surface area (Å²) in [5.41, 5.74) is 1.54. The maximum absolute atomic E-state index is 5.84. The van der Waals surface area contributed by atoms with Crippen LogP contribution in [-0.4, -0.2) is 32.4 Å². The SMILES string of the molecule is COc1ccccc1CCNC1C2CCOC2C1(C)C. The zero-order chi connectivity index (χ0) is 14.2. The number of nitrogens with one attached hydrogen (secondary N) is 1. The molecule has 1 heterocycles. The van der Waals surface area contributed by atoms with Gasteiger partial charge in [-0.1, -0.05) is 32.0 Å². The second-order valence-electron chi connectivity index (χ2n) is 6.56. The second kappa shape index (κ2) is 5.38. The lowest BCUT2D eigenvalue weighted by Gasteiger charge is -2.55. The average Bonchev–Trinajstić information content (AvgIpc) is 2.90. The van der Waals surface area contributed by atoms with Crippen LogP contribution in [-0.2, 0) is 11.2 Å². The van der Waals surface area contributed by atoms with Gasteiger partial charge < -0.3 is 14.8 Å².